The lowest BCUT2D eigenvalue weighted by Gasteiger charge is -2.30. The summed E-state index contributed by atoms with van der Waals surface area (Å²) >= 11 is 0. The first-order valence-electron chi connectivity index (χ1n) is 11.5. The Bertz CT molecular complexity index is 860. The van der Waals surface area contributed by atoms with E-state index in [4.69, 9.17) is 0 Å². The van der Waals surface area contributed by atoms with Crippen LogP contribution >= 0.6 is 0 Å². The van der Waals surface area contributed by atoms with Crippen LogP contribution < -0.4 is 5.43 Å². The number of fused-ring (bicyclic) bond motifs is 1. The minimum atomic E-state index is -4.49. The van der Waals surface area contributed by atoms with Gasteiger partial charge < -0.3 is 0 Å². The summed E-state index contributed by atoms with van der Waals surface area (Å²) in [4.78, 5) is 11.6. The molecule has 6 heteroatoms. The van der Waals surface area contributed by atoms with E-state index in [1.165, 1.54) is 38.5 Å². The van der Waals surface area contributed by atoms with Crippen molar-refractivity contribution in [2.24, 2.45) is 0 Å². The molecule has 1 aliphatic heterocycles. The van der Waals surface area contributed by atoms with Crippen molar-refractivity contribution in [2.75, 3.05) is 6.54 Å². The predicted molar refractivity (Wildman–Crippen MR) is 119 cm³/mol. The molecule has 170 valence electrons. The Kier molecular flexibility index (Phi) is 8.35. The molecule has 3 nitrogen and oxygen atoms in total. The molecular formula is C25H33F3N2O. The number of carbonyl (C=O) groups excluding carboxylic acids is 1. The van der Waals surface area contributed by atoms with Gasteiger partial charge in [-0.3, -0.25) is 10.2 Å². The van der Waals surface area contributed by atoms with Gasteiger partial charge in [-0.15, -0.1) is 0 Å². The van der Waals surface area contributed by atoms with E-state index in [-0.39, 0.29) is 24.4 Å². The van der Waals surface area contributed by atoms with E-state index in [1.807, 2.05) is 24.3 Å². The van der Waals surface area contributed by atoms with Crippen LogP contribution in [0.25, 0.3) is 10.8 Å². The fraction of sp³-hybridized carbons (Fsp3) is 0.560. The third-order valence-corrected chi connectivity index (χ3v) is 6.09. The van der Waals surface area contributed by atoms with E-state index in [2.05, 4.69) is 12.3 Å². The van der Waals surface area contributed by atoms with Gasteiger partial charge in [0.25, 0.3) is 0 Å². The molecule has 0 aromatic heterocycles. The molecule has 0 saturated carbocycles. The minimum Gasteiger partial charge on any atom is -0.288 e. The van der Waals surface area contributed by atoms with Crippen LogP contribution in [0.4, 0.5) is 13.2 Å². The molecule has 1 amide bonds. The van der Waals surface area contributed by atoms with Crippen LogP contribution in [0, 0.1) is 0 Å². The Morgan fingerprint density at radius 1 is 0.968 bits per heavy atom. The van der Waals surface area contributed by atoms with Gasteiger partial charge in [0.2, 0.25) is 5.91 Å². The summed E-state index contributed by atoms with van der Waals surface area (Å²) in [6, 6.07) is 8.99. The van der Waals surface area contributed by atoms with Gasteiger partial charge in [-0.05, 0) is 34.7 Å². The van der Waals surface area contributed by atoms with Crippen LogP contribution in [0.1, 0.15) is 81.9 Å². The molecule has 1 fully saturated rings. The van der Waals surface area contributed by atoms with Crippen molar-refractivity contribution in [3.05, 3.63) is 47.5 Å². The zero-order chi connectivity index (χ0) is 22.3. The number of alkyl halides is 3. The molecule has 0 aliphatic carbocycles. The average Bonchev–Trinajstić information content (AvgIpc) is 3.14. The third-order valence-electron chi connectivity index (χ3n) is 6.09. The topological polar surface area (TPSA) is 32.3 Å². The Balaban J connectivity index is 1.78. The predicted octanol–water partition coefficient (Wildman–Crippen LogP) is 6.86. The number of halogens is 3. The number of aryl methyl sites for hydroxylation is 1. The number of hydrogen-bond donors (Lipinski definition) is 1. The van der Waals surface area contributed by atoms with Crippen molar-refractivity contribution in [1.82, 2.24) is 10.4 Å². The Morgan fingerprint density at radius 2 is 1.61 bits per heavy atom. The second kappa shape index (κ2) is 11.0. The highest BCUT2D eigenvalue weighted by Gasteiger charge is 2.47. The standard InChI is InChI=1S/C25H33F3N2O/c1-2-3-4-5-6-7-8-9-12-19-13-10-14-20-15-11-16-21(23(19)20)24(25(26,27)28)30-18-17-22(31)29-30/h10-11,13-16,24H,2-9,12,17-18H2,1H3,(H,29,31)/t24-/m0/s1. The van der Waals surface area contributed by atoms with Crippen molar-refractivity contribution in [3.8, 4) is 0 Å². The summed E-state index contributed by atoms with van der Waals surface area (Å²) in [5.41, 5.74) is 3.58. The first-order chi connectivity index (χ1) is 14.9. The van der Waals surface area contributed by atoms with Crippen LogP contribution in [0.3, 0.4) is 0 Å². The van der Waals surface area contributed by atoms with Gasteiger partial charge in [0, 0.05) is 13.0 Å². The maximum atomic E-state index is 14.1. The molecule has 0 spiro atoms. The van der Waals surface area contributed by atoms with Crippen molar-refractivity contribution in [3.63, 3.8) is 0 Å². The minimum absolute atomic E-state index is 0.0552. The van der Waals surface area contributed by atoms with Crippen molar-refractivity contribution in [1.29, 1.82) is 0 Å². The van der Waals surface area contributed by atoms with E-state index in [0.717, 1.165) is 35.2 Å². The summed E-state index contributed by atoms with van der Waals surface area (Å²) in [7, 11) is 0. The smallest absolute Gasteiger partial charge is 0.288 e. The molecule has 31 heavy (non-hydrogen) atoms. The fourth-order valence-electron chi connectivity index (χ4n) is 4.54. The quantitative estimate of drug-likeness (QED) is 0.392. The fourth-order valence-corrected chi connectivity index (χ4v) is 4.54. The molecule has 1 heterocycles. The van der Waals surface area contributed by atoms with Crippen LogP contribution in [-0.2, 0) is 11.2 Å². The van der Waals surface area contributed by atoms with E-state index >= 15 is 0 Å². The molecule has 2 aromatic rings. The summed E-state index contributed by atoms with van der Waals surface area (Å²) in [5.74, 6) is -0.367. The van der Waals surface area contributed by atoms with Crippen molar-refractivity contribution < 1.29 is 18.0 Å². The molecular weight excluding hydrogens is 401 g/mol. The van der Waals surface area contributed by atoms with E-state index in [9.17, 15) is 18.0 Å². The molecule has 3 rings (SSSR count). The molecule has 1 saturated heterocycles. The van der Waals surface area contributed by atoms with Crippen LogP contribution in [0.5, 0.6) is 0 Å². The van der Waals surface area contributed by atoms with Crippen LogP contribution in [0.15, 0.2) is 36.4 Å². The van der Waals surface area contributed by atoms with E-state index in [0.29, 0.717) is 5.39 Å². The maximum Gasteiger partial charge on any atom is 0.409 e. The van der Waals surface area contributed by atoms with Crippen molar-refractivity contribution in [2.45, 2.75) is 83.4 Å². The second-order valence-corrected chi connectivity index (χ2v) is 8.51. The van der Waals surface area contributed by atoms with Crippen LogP contribution in [-0.4, -0.2) is 23.6 Å². The zero-order valence-electron chi connectivity index (χ0n) is 18.3. The summed E-state index contributed by atoms with van der Waals surface area (Å²) in [6.45, 7) is 2.26. The van der Waals surface area contributed by atoms with Gasteiger partial charge in [0.1, 0.15) is 0 Å². The molecule has 0 unspecified atom stereocenters. The lowest BCUT2D eigenvalue weighted by molar-refractivity contribution is -0.190. The monoisotopic (exact) mass is 434 g/mol. The highest BCUT2D eigenvalue weighted by Crippen LogP contribution is 2.41. The largest absolute Gasteiger partial charge is 0.409 e. The van der Waals surface area contributed by atoms with Gasteiger partial charge in [-0.25, -0.2) is 5.01 Å². The molecule has 1 atom stereocenters. The zero-order valence-corrected chi connectivity index (χ0v) is 18.3. The number of nitrogens with zero attached hydrogens (tertiary/aromatic N) is 1. The van der Waals surface area contributed by atoms with Gasteiger partial charge >= 0.3 is 6.18 Å². The first-order valence-corrected chi connectivity index (χ1v) is 11.5. The lowest BCUT2D eigenvalue weighted by Crippen LogP contribution is -2.43. The average molecular weight is 435 g/mol. The number of amides is 1. The van der Waals surface area contributed by atoms with Gasteiger partial charge in [0.15, 0.2) is 6.04 Å². The number of rotatable bonds is 11. The summed E-state index contributed by atoms with van der Waals surface area (Å²) in [5, 5.41) is 2.54. The van der Waals surface area contributed by atoms with Gasteiger partial charge in [0.05, 0.1) is 0 Å². The number of hydrogen-bond acceptors (Lipinski definition) is 2. The van der Waals surface area contributed by atoms with Gasteiger partial charge in [-0.2, -0.15) is 13.2 Å². The number of nitrogens with one attached hydrogen (secondary N) is 1. The molecule has 2 aromatic carbocycles. The third kappa shape index (κ3) is 6.22. The molecule has 0 radical (unpaired) electrons. The Morgan fingerprint density at radius 3 is 2.23 bits per heavy atom. The number of carbonyl (C=O) groups is 1. The summed E-state index contributed by atoms with van der Waals surface area (Å²) < 4.78 is 42.4. The van der Waals surface area contributed by atoms with Gasteiger partial charge in [-0.1, -0.05) is 88.3 Å². The molecule has 1 N–H and O–H groups in total. The number of benzene rings is 2. The highest BCUT2D eigenvalue weighted by molar-refractivity contribution is 5.89. The van der Waals surface area contributed by atoms with Crippen LogP contribution in [0.2, 0.25) is 0 Å². The SMILES string of the molecule is CCCCCCCCCCc1cccc2cccc([C@H](N3CCC(=O)N3)C(F)(F)F)c12. The number of hydrazine groups is 1. The molecule has 1 aliphatic rings. The first kappa shape index (κ1) is 23.6. The van der Waals surface area contributed by atoms with E-state index < -0.39 is 12.2 Å². The highest BCUT2D eigenvalue weighted by atomic mass is 19.4. The Hall–Kier alpha value is -2.08. The summed E-state index contributed by atoms with van der Waals surface area (Å²) in [6.07, 6.45) is 5.91. The molecule has 0 bridgehead atoms. The lowest BCUT2D eigenvalue weighted by atomic mass is 9.91. The number of unbranched alkanes of at least 4 members (excludes halogenated alkanes) is 7. The maximum absolute atomic E-state index is 14.1. The van der Waals surface area contributed by atoms with E-state index in [1.54, 1.807) is 12.1 Å². The van der Waals surface area contributed by atoms with Crippen molar-refractivity contribution >= 4 is 16.7 Å². The Labute approximate surface area is 183 Å². The second-order valence-electron chi connectivity index (χ2n) is 8.51. The normalized spacial score (nSPS) is 16.1.